The summed E-state index contributed by atoms with van der Waals surface area (Å²) < 4.78 is 5.27. The van der Waals surface area contributed by atoms with E-state index < -0.39 is 0 Å². The minimum Gasteiger partial charge on any atom is -0.390 e. The molecule has 0 saturated carbocycles. The van der Waals surface area contributed by atoms with Crippen molar-refractivity contribution < 1.29 is 9.84 Å². The fourth-order valence-corrected chi connectivity index (χ4v) is 2.19. The molecule has 0 bridgehead atoms. The van der Waals surface area contributed by atoms with Crippen molar-refractivity contribution in [1.82, 2.24) is 10.2 Å². The predicted octanol–water partition coefficient (Wildman–Crippen LogP) is 0.0222. The normalized spacial score (nSPS) is 19.9. The second kappa shape index (κ2) is 9.24. The summed E-state index contributed by atoms with van der Waals surface area (Å²) in [6, 6.07) is 0. The molecule has 1 aliphatic rings. The van der Waals surface area contributed by atoms with Gasteiger partial charge in [-0.15, -0.1) is 0 Å². The fraction of sp³-hybridized carbons (Fsp3) is 1.00. The maximum atomic E-state index is 9.81. The van der Waals surface area contributed by atoms with Gasteiger partial charge in [0.2, 0.25) is 0 Å². The lowest BCUT2D eigenvalue weighted by Gasteiger charge is -2.28. The Kier molecular flexibility index (Phi) is 8.23. The summed E-state index contributed by atoms with van der Waals surface area (Å²) in [5.41, 5.74) is 0. The highest BCUT2D eigenvalue weighted by molar-refractivity contribution is 7.98. The third kappa shape index (κ3) is 6.70. The molecule has 16 heavy (non-hydrogen) atoms. The van der Waals surface area contributed by atoms with Crippen LogP contribution in [0.15, 0.2) is 0 Å². The lowest BCUT2D eigenvalue weighted by atomic mass is 10.3. The van der Waals surface area contributed by atoms with Crippen LogP contribution in [0.2, 0.25) is 0 Å². The van der Waals surface area contributed by atoms with Gasteiger partial charge < -0.3 is 15.2 Å². The second-order valence-electron chi connectivity index (χ2n) is 4.12. The molecule has 1 saturated heterocycles. The lowest BCUT2D eigenvalue weighted by Crippen LogP contribution is -2.43. The molecule has 1 fully saturated rings. The van der Waals surface area contributed by atoms with Crippen molar-refractivity contribution in [2.24, 2.45) is 0 Å². The van der Waals surface area contributed by atoms with E-state index in [0.717, 1.165) is 39.4 Å². The van der Waals surface area contributed by atoms with Crippen molar-refractivity contribution in [2.75, 3.05) is 57.9 Å². The first-order valence-corrected chi connectivity index (χ1v) is 7.40. The second-order valence-corrected chi connectivity index (χ2v) is 5.10. The van der Waals surface area contributed by atoms with E-state index in [9.17, 15) is 5.11 Å². The first kappa shape index (κ1) is 14.3. The standard InChI is InChI=1S/C11H24N2O2S/c1-16-8-2-3-12-9-11(14)10-13-4-6-15-7-5-13/h11-12,14H,2-10H2,1H3. The summed E-state index contributed by atoms with van der Waals surface area (Å²) in [5.74, 6) is 1.19. The van der Waals surface area contributed by atoms with Gasteiger partial charge in [-0.3, -0.25) is 4.90 Å². The minimum absolute atomic E-state index is 0.257. The Morgan fingerprint density at radius 1 is 1.44 bits per heavy atom. The average molecular weight is 248 g/mol. The molecular formula is C11H24N2O2S. The van der Waals surface area contributed by atoms with Gasteiger partial charge in [-0.2, -0.15) is 11.8 Å². The van der Waals surface area contributed by atoms with Gasteiger partial charge in [-0.05, 0) is 25.0 Å². The average Bonchev–Trinajstić information content (AvgIpc) is 2.30. The third-order valence-corrected chi connectivity index (χ3v) is 3.35. The molecule has 1 rings (SSSR count). The summed E-state index contributed by atoms with van der Waals surface area (Å²) in [4.78, 5) is 2.26. The Morgan fingerprint density at radius 2 is 2.19 bits per heavy atom. The van der Waals surface area contributed by atoms with Crippen molar-refractivity contribution in [3.05, 3.63) is 0 Å². The zero-order valence-electron chi connectivity index (χ0n) is 10.2. The molecule has 0 spiro atoms. The molecule has 0 aromatic carbocycles. The maximum absolute atomic E-state index is 9.81. The van der Waals surface area contributed by atoms with Gasteiger partial charge in [0.15, 0.2) is 0 Å². The van der Waals surface area contributed by atoms with E-state index in [1.165, 1.54) is 12.2 Å². The Bertz CT molecular complexity index is 166. The molecule has 4 nitrogen and oxygen atoms in total. The highest BCUT2D eigenvalue weighted by Crippen LogP contribution is 1.98. The smallest absolute Gasteiger partial charge is 0.0791 e. The van der Waals surface area contributed by atoms with Crippen LogP contribution in [0.1, 0.15) is 6.42 Å². The number of aliphatic hydroxyl groups is 1. The van der Waals surface area contributed by atoms with E-state index in [2.05, 4.69) is 16.5 Å². The van der Waals surface area contributed by atoms with Gasteiger partial charge in [0.25, 0.3) is 0 Å². The highest BCUT2D eigenvalue weighted by Gasteiger charge is 2.14. The molecule has 1 unspecified atom stereocenters. The molecule has 0 radical (unpaired) electrons. The number of β-amino-alcohol motifs (C(OH)–C–C–N with tert-alkyl or cyclic N) is 1. The quantitative estimate of drug-likeness (QED) is 0.593. The van der Waals surface area contributed by atoms with E-state index in [0.29, 0.717) is 6.54 Å². The van der Waals surface area contributed by atoms with Crippen LogP contribution in [0.4, 0.5) is 0 Å². The summed E-state index contributed by atoms with van der Waals surface area (Å²) in [6.45, 7) is 5.96. The number of hydrogen-bond acceptors (Lipinski definition) is 5. The summed E-state index contributed by atoms with van der Waals surface area (Å²) in [7, 11) is 0. The molecular weight excluding hydrogens is 224 g/mol. The molecule has 0 aliphatic carbocycles. The van der Waals surface area contributed by atoms with Gasteiger partial charge in [0.05, 0.1) is 19.3 Å². The van der Waals surface area contributed by atoms with Gasteiger partial charge in [0.1, 0.15) is 0 Å². The van der Waals surface area contributed by atoms with Crippen molar-refractivity contribution in [3.8, 4) is 0 Å². The van der Waals surface area contributed by atoms with Crippen molar-refractivity contribution in [3.63, 3.8) is 0 Å². The zero-order valence-corrected chi connectivity index (χ0v) is 11.0. The number of thioether (sulfide) groups is 1. The number of nitrogens with zero attached hydrogens (tertiary/aromatic N) is 1. The van der Waals surface area contributed by atoms with Gasteiger partial charge in [-0.1, -0.05) is 0 Å². The first-order chi connectivity index (χ1) is 7.83. The van der Waals surface area contributed by atoms with Crippen LogP contribution in [-0.2, 0) is 4.74 Å². The summed E-state index contributed by atoms with van der Waals surface area (Å²) in [6.07, 6.45) is 3.03. The van der Waals surface area contributed by atoms with Crippen LogP contribution < -0.4 is 5.32 Å². The summed E-state index contributed by atoms with van der Waals surface area (Å²) in [5, 5.41) is 13.1. The van der Waals surface area contributed by atoms with E-state index in [-0.39, 0.29) is 6.10 Å². The molecule has 1 heterocycles. The van der Waals surface area contributed by atoms with E-state index in [1.807, 2.05) is 11.8 Å². The van der Waals surface area contributed by atoms with Crippen LogP contribution in [-0.4, -0.2) is 74.1 Å². The minimum atomic E-state index is -0.257. The molecule has 0 aromatic heterocycles. The van der Waals surface area contributed by atoms with Crippen molar-refractivity contribution >= 4 is 11.8 Å². The predicted molar refractivity (Wildman–Crippen MR) is 69.1 cm³/mol. The lowest BCUT2D eigenvalue weighted by molar-refractivity contribution is 0.0150. The van der Waals surface area contributed by atoms with Crippen molar-refractivity contribution in [2.45, 2.75) is 12.5 Å². The monoisotopic (exact) mass is 248 g/mol. The Labute approximate surface area is 103 Å². The molecule has 96 valence electrons. The van der Waals surface area contributed by atoms with Gasteiger partial charge >= 0.3 is 0 Å². The topological polar surface area (TPSA) is 44.7 Å². The van der Waals surface area contributed by atoms with E-state index in [4.69, 9.17) is 4.74 Å². The van der Waals surface area contributed by atoms with Crippen LogP contribution in [0.3, 0.4) is 0 Å². The zero-order chi connectivity index (χ0) is 11.6. The van der Waals surface area contributed by atoms with Crippen LogP contribution in [0.25, 0.3) is 0 Å². The maximum Gasteiger partial charge on any atom is 0.0791 e. The first-order valence-electron chi connectivity index (χ1n) is 6.00. The third-order valence-electron chi connectivity index (χ3n) is 2.65. The van der Waals surface area contributed by atoms with Gasteiger partial charge in [-0.25, -0.2) is 0 Å². The number of aliphatic hydroxyl groups excluding tert-OH is 1. The van der Waals surface area contributed by atoms with Gasteiger partial charge in [0, 0.05) is 26.2 Å². The number of nitrogens with one attached hydrogen (secondary N) is 1. The molecule has 2 N–H and O–H groups in total. The van der Waals surface area contributed by atoms with E-state index >= 15 is 0 Å². The number of morpholine rings is 1. The van der Waals surface area contributed by atoms with E-state index in [1.54, 1.807) is 0 Å². The number of rotatable bonds is 8. The molecule has 1 aliphatic heterocycles. The van der Waals surface area contributed by atoms with Crippen LogP contribution in [0, 0.1) is 0 Å². The van der Waals surface area contributed by atoms with Crippen LogP contribution >= 0.6 is 11.8 Å². The molecule has 5 heteroatoms. The SMILES string of the molecule is CSCCCNCC(O)CN1CCOCC1. The number of ether oxygens (including phenoxy) is 1. The highest BCUT2D eigenvalue weighted by atomic mass is 32.2. The Balaban J connectivity index is 1.95. The Hall–Kier alpha value is 0.190. The molecule has 0 amide bonds. The van der Waals surface area contributed by atoms with Crippen molar-refractivity contribution in [1.29, 1.82) is 0 Å². The van der Waals surface area contributed by atoms with Crippen LogP contribution in [0.5, 0.6) is 0 Å². The molecule has 1 atom stereocenters. The fourth-order valence-electron chi connectivity index (χ4n) is 1.76. The molecule has 0 aromatic rings. The summed E-state index contributed by atoms with van der Waals surface area (Å²) >= 11 is 1.86. The largest absolute Gasteiger partial charge is 0.390 e. The Morgan fingerprint density at radius 3 is 2.88 bits per heavy atom. The number of hydrogen-bond donors (Lipinski definition) is 2.